The van der Waals surface area contributed by atoms with Gasteiger partial charge in [0.15, 0.2) is 0 Å². The minimum Gasteiger partial charge on any atom is -0.396 e. The molecule has 98 valence electrons. The number of benzene rings is 1. The quantitative estimate of drug-likeness (QED) is 0.828. The van der Waals surface area contributed by atoms with Gasteiger partial charge in [0.05, 0.1) is 11.3 Å². The van der Waals surface area contributed by atoms with Crippen molar-refractivity contribution in [2.24, 2.45) is 0 Å². The summed E-state index contributed by atoms with van der Waals surface area (Å²) >= 11 is 1.83. The molecule has 5 heteroatoms. The number of carbonyl (C=O) groups excluding carboxylic acids is 1. The van der Waals surface area contributed by atoms with Crippen LogP contribution >= 0.6 is 11.8 Å². The van der Waals surface area contributed by atoms with Crippen molar-refractivity contribution in [1.82, 2.24) is 5.32 Å². The number of hydrogen-bond acceptors (Lipinski definition) is 3. The molecule has 1 saturated carbocycles. The van der Waals surface area contributed by atoms with Crippen LogP contribution in [0.15, 0.2) is 18.2 Å². The molecule has 0 bridgehead atoms. The van der Waals surface area contributed by atoms with Crippen LogP contribution in [0.4, 0.5) is 10.1 Å². The summed E-state index contributed by atoms with van der Waals surface area (Å²) in [6.07, 6.45) is 5.15. The second-order valence-electron chi connectivity index (χ2n) is 4.54. The number of rotatable bonds is 3. The molecule has 0 heterocycles. The summed E-state index contributed by atoms with van der Waals surface area (Å²) in [5, 5.41) is 3.54. The van der Waals surface area contributed by atoms with Crippen molar-refractivity contribution in [3.8, 4) is 0 Å². The van der Waals surface area contributed by atoms with Crippen LogP contribution < -0.4 is 11.1 Å². The highest BCUT2D eigenvalue weighted by Crippen LogP contribution is 2.28. The SMILES string of the molecule is CSC1CCC(NC(=O)c2cccc(F)c2N)C1. The Morgan fingerprint density at radius 3 is 2.94 bits per heavy atom. The van der Waals surface area contributed by atoms with E-state index in [2.05, 4.69) is 11.6 Å². The maximum Gasteiger partial charge on any atom is 0.253 e. The fourth-order valence-electron chi connectivity index (χ4n) is 2.28. The molecular weight excluding hydrogens is 251 g/mol. The van der Waals surface area contributed by atoms with E-state index in [0.717, 1.165) is 19.3 Å². The van der Waals surface area contributed by atoms with Crippen molar-refractivity contribution in [3.63, 3.8) is 0 Å². The van der Waals surface area contributed by atoms with Crippen molar-refractivity contribution in [2.75, 3.05) is 12.0 Å². The van der Waals surface area contributed by atoms with E-state index in [1.54, 1.807) is 6.07 Å². The summed E-state index contributed by atoms with van der Waals surface area (Å²) in [4.78, 5) is 12.0. The number of para-hydroxylation sites is 1. The lowest BCUT2D eigenvalue weighted by Crippen LogP contribution is -2.33. The van der Waals surface area contributed by atoms with Crippen molar-refractivity contribution in [1.29, 1.82) is 0 Å². The molecule has 1 fully saturated rings. The average molecular weight is 268 g/mol. The van der Waals surface area contributed by atoms with E-state index in [-0.39, 0.29) is 23.2 Å². The van der Waals surface area contributed by atoms with Crippen LogP contribution in [0.2, 0.25) is 0 Å². The number of nitrogens with one attached hydrogen (secondary N) is 1. The van der Waals surface area contributed by atoms with Gasteiger partial charge in [0.1, 0.15) is 5.82 Å². The highest BCUT2D eigenvalue weighted by molar-refractivity contribution is 7.99. The number of halogens is 1. The minimum absolute atomic E-state index is 0.0746. The lowest BCUT2D eigenvalue weighted by atomic mass is 10.1. The zero-order valence-corrected chi connectivity index (χ0v) is 11.1. The second kappa shape index (κ2) is 5.61. The number of thioether (sulfide) groups is 1. The summed E-state index contributed by atoms with van der Waals surface area (Å²) in [5.74, 6) is -0.824. The van der Waals surface area contributed by atoms with Crippen molar-refractivity contribution in [3.05, 3.63) is 29.6 Å². The fraction of sp³-hybridized carbons (Fsp3) is 0.462. The van der Waals surface area contributed by atoms with Gasteiger partial charge in [0.25, 0.3) is 5.91 Å². The molecule has 2 atom stereocenters. The van der Waals surface area contributed by atoms with Gasteiger partial charge in [-0.25, -0.2) is 4.39 Å². The molecule has 1 aliphatic rings. The van der Waals surface area contributed by atoms with Gasteiger partial charge in [-0.2, -0.15) is 11.8 Å². The molecule has 0 saturated heterocycles. The molecule has 0 aromatic heterocycles. The molecule has 0 radical (unpaired) electrons. The van der Waals surface area contributed by atoms with Crippen LogP contribution in [0.3, 0.4) is 0 Å². The summed E-state index contributed by atoms with van der Waals surface area (Å²) < 4.78 is 13.3. The smallest absolute Gasteiger partial charge is 0.253 e. The van der Waals surface area contributed by atoms with Gasteiger partial charge in [-0.3, -0.25) is 4.79 Å². The molecule has 3 nitrogen and oxygen atoms in total. The standard InChI is InChI=1S/C13H17FN2OS/c1-18-9-6-5-8(7-9)16-13(17)10-3-2-4-11(14)12(10)15/h2-4,8-9H,5-7,15H2,1H3,(H,16,17). The Bertz CT molecular complexity index is 453. The lowest BCUT2D eigenvalue weighted by molar-refractivity contribution is 0.0938. The van der Waals surface area contributed by atoms with Gasteiger partial charge in [0, 0.05) is 11.3 Å². The molecule has 1 aromatic carbocycles. The Morgan fingerprint density at radius 2 is 2.28 bits per heavy atom. The molecule has 0 spiro atoms. The summed E-state index contributed by atoms with van der Waals surface area (Å²) in [6.45, 7) is 0. The molecule has 2 rings (SSSR count). The molecule has 1 amide bonds. The minimum atomic E-state index is -0.545. The summed E-state index contributed by atoms with van der Waals surface area (Å²) in [5.41, 5.74) is 5.72. The maximum atomic E-state index is 13.3. The third kappa shape index (κ3) is 2.77. The maximum absolute atomic E-state index is 13.3. The Labute approximate surface area is 110 Å². The van der Waals surface area contributed by atoms with Crippen LogP contribution in [0.5, 0.6) is 0 Å². The highest BCUT2D eigenvalue weighted by Gasteiger charge is 2.26. The predicted octanol–water partition coefficient (Wildman–Crippen LogP) is 2.42. The number of carbonyl (C=O) groups is 1. The van der Waals surface area contributed by atoms with E-state index in [1.165, 1.54) is 12.1 Å². The zero-order valence-electron chi connectivity index (χ0n) is 10.3. The monoisotopic (exact) mass is 268 g/mol. The number of hydrogen-bond donors (Lipinski definition) is 2. The molecular formula is C13H17FN2OS. The molecule has 1 aromatic rings. The van der Waals surface area contributed by atoms with Gasteiger partial charge in [0.2, 0.25) is 0 Å². The molecule has 3 N–H and O–H groups in total. The number of nitrogens with two attached hydrogens (primary N) is 1. The topological polar surface area (TPSA) is 55.1 Å². The van der Waals surface area contributed by atoms with Crippen molar-refractivity contribution < 1.29 is 9.18 Å². The molecule has 0 aliphatic heterocycles. The number of amides is 1. The normalized spacial score (nSPS) is 23.0. The number of anilines is 1. The van der Waals surface area contributed by atoms with Gasteiger partial charge < -0.3 is 11.1 Å². The lowest BCUT2D eigenvalue weighted by Gasteiger charge is -2.14. The van der Waals surface area contributed by atoms with Crippen LogP contribution in [0.1, 0.15) is 29.6 Å². The summed E-state index contributed by atoms with van der Waals surface area (Å²) in [7, 11) is 0. The Morgan fingerprint density at radius 1 is 1.50 bits per heavy atom. The first-order chi connectivity index (χ1) is 8.61. The summed E-state index contributed by atoms with van der Waals surface area (Å²) in [6, 6.07) is 4.48. The zero-order chi connectivity index (χ0) is 13.1. The third-order valence-corrected chi connectivity index (χ3v) is 4.45. The third-order valence-electron chi connectivity index (χ3n) is 3.35. The first-order valence-corrected chi connectivity index (χ1v) is 7.28. The van der Waals surface area contributed by atoms with Crippen molar-refractivity contribution >= 4 is 23.4 Å². The number of nitrogen functional groups attached to an aromatic ring is 1. The van der Waals surface area contributed by atoms with Crippen LogP contribution in [-0.2, 0) is 0 Å². The van der Waals surface area contributed by atoms with Gasteiger partial charge in [-0.05, 0) is 37.7 Å². The van der Waals surface area contributed by atoms with Crippen LogP contribution in [0, 0.1) is 5.82 Å². The van der Waals surface area contributed by atoms with E-state index in [1.807, 2.05) is 11.8 Å². The first-order valence-electron chi connectivity index (χ1n) is 5.99. The first kappa shape index (κ1) is 13.2. The van der Waals surface area contributed by atoms with Gasteiger partial charge >= 0.3 is 0 Å². The van der Waals surface area contributed by atoms with E-state index >= 15 is 0 Å². The second-order valence-corrected chi connectivity index (χ2v) is 5.68. The van der Waals surface area contributed by atoms with Gasteiger partial charge in [-0.15, -0.1) is 0 Å². The highest BCUT2D eigenvalue weighted by atomic mass is 32.2. The van der Waals surface area contributed by atoms with E-state index in [0.29, 0.717) is 5.25 Å². The fourth-order valence-corrected chi connectivity index (χ4v) is 3.08. The molecule has 18 heavy (non-hydrogen) atoms. The van der Waals surface area contributed by atoms with Crippen LogP contribution in [0.25, 0.3) is 0 Å². The Balaban J connectivity index is 2.02. The van der Waals surface area contributed by atoms with Crippen LogP contribution in [-0.4, -0.2) is 23.5 Å². The Kier molecular flexibility index (Phi) is 4.11. The Hall–Kier alpha value is -1.23. The van der Waals surface area contributed by atoms with E-state index < -0.39 is 5.82 Å². The molecule has 1 aliphatic carbocycles. The average Bonchev–Trinajstić information content (AvgIpc) is 2.80. The largest absolute Gasteiger partial charge is 0.396 e. The van der Waals surface area contributed by atoms with E-state index in [4.69, 9.17) is 5.73 Å². The molecule has 2 unspecified atom stereocenters. The van der Waals surface area contributed by atoms with Gasteiger partial charge in [-0.1, -0.05) is 6.07 Å². The van der Waals surface area contributed by atoms with E-state index in [9.17, 15) is 9.18 Å². The van der Waals surface area contributed by atoms with Crippen molar-refractivity contribution in [2.45, 2.75) is 30.6 Å². The predicted molar refractivity (Wildman–Crippen MR) is 73.2 cm³/mol.